The maximum absolute atomic E-state index is 12.7. The molecule has 5 heteroatoms. The summed E-state index contributed by atoms with van der Waals surface area (Å²) in [5, 5.41) is 11.0. The molecule has 1 aromatic rings. The maximum atomic E-state index is 12.7. The Balaban J connectivity index is 1.86. The first-order valence-electron chi connectivity index (χ1n) is 7.11. The van der Waals surface area contributed by atoms with Crippen molar-refractivity contribution in [1.82, 2.24) is 20.4 Å². The van der Waals surface area contributed by atoms with Crippen molar-refractivity contribution >= 4 is 5.91 Å². The minimum absolute atomic E-state index is 0.0247. The lowest BCUT2D eigenvalue weighted by molar-refractivity contribution is 0.0222. The zero-order valence-corrected chi connectivity index (χ0v) is 11.1. The Morgan fingerprint density at radius 2 is 2.11 bits per heavy atom. The molecule has 0 unspecified atom stereocenters. The number of nitrogens with one attached hydrogen (secondary N) is 1. The molecule has 2 aliphatic rings. The smallest absolute Gasteiger partial charge is 0.256 e. The van der Waals surface area contributed by atoms with Crippen molar-refractivity contribution in [3.63, 3.8) is 0 Å². The number of aromatic nitrogens is 2. The van der Waals surface area contributed by atoms with Crippen LogP contribution >= 0.6 is 0 Å². The van der Waals surface area contributed by atoms with Crippen LogP contribution in [0.15, 0.2) is 18.5 Å². The van der Waals surface area contributed by atoms with Crippen molar-refractivity contribution in [2.75, 3.05) is 19.6 Å². The number of carbonyl (C=O) groups excluding carboxylic acids is 1. The van der Waals surface area contributed by atoms with E-state index in [1.165, 1.54) is 19.3 Å². The number of piperazine rings is 1. The molecule has 1 amide bonds. The lowest BCUT2D eigenvalue weighted by Gasteiger charge is -2.49. The van der Waals surface area contributed by atoms with Crippen molar-refractivity contribution in [3.8, 4) is 0 Å². The number of rotatable bonds is 1. The molecule has 2 fully saturated rings. The Morgan fingerprint density at radius 1 is 1.26 bits per heavy atom. The van der Waals surface area contributed by atoms with E-state index in [-0.39, 0.29) is 11.4 Å². The normalized spacial score (nSPS) is 22.4. The van der Waals surface area contributed by atoms with Crippen LogP contribution < -0.4 is 5.32 Å². The lowest BCUT2D eigenvalue weighted by Crippen LogP contribution is -2.63. The number of carbonyl (C=O) groups is 1. The SMILES string of the molecule is O=C(c1ccnnc1)N1CCNCC12CCCCC2. The summed E-state index contributed by atoms with van der Waals surface area (Å²) in [5.74, 6) is 0.110. The van der Waals surface area contributed by atoms with Gasteiger partial charge >= 0.3 is 0 Å². The molecule has 0 bridgehead atoms. The monoisotopic (exact) mass is 260 g/mol. The second-order valence-corrected chi connectivity index (χ2v) is 5.55. The highest BCUT2D eigenvalue weighted by Gasteiger charge is 2.42. The molecule has 1 N–H and O–H groups in total. The summed E-state index contributed by atoms with van der Waals surface area (Å²) >= 11 is 0. The van der Waals surface area contributed by atoms with Gasteiger partial charge in [-0.15, -0.1) is 0 Å². The summed E-state index contributed by atoms with van der Waals surface area (Å²) in [7, 11) is 0. The van der Waals surface area contributed by atoms with E-state index < -0.39 is 0 Å². The Labute approximate surface area is 113 Å². The molecule has 0 aromatic carbocycles. The number of hydrogen-bond donors (Lipinski definition) is 1. The molecule has 1 aliphatic heterocycles. The maximum Gasteiger partial charge on any atom is 0.256 e. The number of amides is 1. The molecule has 1 aromatic heterocycles. The summed E-state index contributed by atoms with van der Waals surface area (Å²) in [6, 6.07) is 1.76. The fourth-order valence-corrected chi connectivity index (χ4v) is 3.39. The van der Waals surface area contributed by atoms with Gasteiger partial charge in [-0.05, 0) is 18.9 Å². The van der Waals surface area contributed by atoms with Gasteiger partial charge in [0, 0.05) is 19.6 Å². The molecular formula is C14H20N4O. The molecule has 1 saturated carbocycles. The van der Waals surface area contributed by atoms with Crippen LogP contribution in [-0.2, 0) is 0 Å². The Kier molecular flexibility index (Phi) is 3.46. The van der Waals surface area contributed by atoms with Gasteiger partial charge in [-0.1, -0.05) is 19.3 Å². The van der Waals surface area contributed by atoms with Crippen molar-refractivity contribution < 1.29 is 4.79 Å². The predicted octanol–water partition coefficient (Wildman–Crippen LogP) is 1.22. The van der Waals surface area contributed by atoms with Crippen LogP contribution in [0.25, 0.3) is 0 Å². The van der Waals surface area contributed by atoms with Crippen LogP contribution in [0.4, 0.5) is 0 Å². The standard InChI is InChI=1S/C14H20N4O/c19-13(12-4-7-16-17-10-12)18-9-8-15-11-14(18)5-2-1-3-6-14/h4,7,10,15H,1-3,5-6,8-9,11H2. The summed E-state index contributed by atoms with van der Waals surface area (Å²) < 4.78 is 0. The Morgan fingerprint density at radius 3 is 2.84 bits per heavy atom. The highest BCUT2D eigenvalue weighted by molar-refractivity contribution is 5.94. The van der Waals surface area contributed by atoms with Gasteiger partial charge in [-0.2, -0.15) is 10.2 Å². The zero-order valence-electron chi connectivity index (χ0n) is 11.1. The molecule has 1 spiro atoms. The first kappa shape index (κ1) is 12.5. The van der Waals surface area contributed by atoms with Crippen molar-refractivity contribution in [2.24, 2.45) is 0 Å². The van der Waals surface area contributed by atoms with Crippen LogP contribution in [-0.4, -0.2) is 46.2 Å². The molecule has 102 valence electrons. The third kappa shape index (κ3) is 2.34. The van der Waals surface area contributed by atoms with E-state index in [0.29, 0.717) is 5.56 Å². The molecule has 19 heavy (non-hydrogen) atoms. The van der Waals surface area contributed by atoms with Gasteiger partial charge < -0.3 is 10.2 Å². The van der Waals surface area contributed by atoms with Crippen LogP contribution in [0.1, 0.15) is 42.5 Å². The summed E-state index contributed by atoms with van der Waals surface area (Å²) in [6.07, 6.45) is 9.12. The second-order valence-electron chi connectivity index (χ2n) is 5.55. The van der Waals surface area contributed by atoms with Gasteiger partial charge in [0.05, 0.1) is 23.5 Å². The first-order chi connectivity index (χ1) is 9.32. The van der Waals surface area contributed by atoms with Crippen LogP contribution in [0.3, 0.4) is 0 Å². The minimum atomic E-state index is 0.0247. The van der Waals surface area contributed by atoms with E-state index in [1.807, 2.05) is 0 Å². The van der Waals surface area contributed by atoms with E-state index in [2.05, 4.69) is 20.4 Å². The third-order valence-electron chi connectivity index (χ3n) is 4.40. The average molecular weight is 260 g/mol. The van der Waals surface area contributed by atoms with Gasteiger partial charge in [0.1, 0.15) is 0 Å². The van der Waals surface area contributed by atoms with Gasteiger partial charge in [0.25, 0.3) is 5.91 Å². The van der Waals surface area contributed by atoms with Crippen molar-refractivity contribution in [3.05, 3.63) is 24.0 Å². The highest BCUT2D eigenvalue weighted by atomic mass is 16.2. The van der Waals surface area contributed by atoms with Gasteiger partial charge in [-0.3, -0.25) is 4.79 Å². The molecular weight excluding hydrogens is 240 g/mol. The fourth-order valence-electron chi connectivity index (χ4n) is 3.39. The summed E-state index contributed by atoms with van der Waals surface area (Å²) in [6.45, 7) is 2.60. The molecule has 3 rings (SSSR count). The fraction of sp³-hybridized carbons (Fsp3) is 0.643. The van der Waals surface area contributed by atoms with E-state index in [1.54, 1.807) is 18.5 Å². The second kappa shape index (κ2) is 5.25. The molecule has 0 radical (unpaired) electrons. The third-order valence-corrected chi connectivity index (χ3v) is 4.40. The Hall–Kier alpha value is -1.49. The van der Waals surface area contributed by atoms with Gasteiger partial charge in [0.2, 0.25) is 0 Å². The first-order valence-corrected chi connectivity index (χ1v) is 7.11. The molecule has 2 heterocycles. The Bertz CT molecular complexity index is 434. The van der Waals surface area contributed by atoms with Crippen LogP contribution in [0, 0.1) is 0 Å². The van der Waals surface area contributed by atoms with E-state index >= 15 is 0 Å². The van der Waals surface area contributed by atoms with Crippen LogP contribution in [0.5, 0.6) is 0 Å². The quantitative estimate of drug-likeness (QED) is 0.825. The topological polar surface area (TPSA) is 58.1 Å². The molecule has 1 saturated heterocycles. The zero-order chi connectivity index (χ0) is 13.1. The largest absolute Gasteiger partial charge is 0.330 e. The van der Waals surface area contributed by atoms with Crippen molar-refractivity contribution in [2.45, 2.75) is 37.6 Å². The van der Waals surface area contributed by atoms with Crippen molar-refractivity contribution in [1.29, 1.82) is 0 Å². The number of hydrogen-bond acceptors (Lipinski definition) is 4. The van der Waals surface area contributed by atoms with Gasteiger partial charge in [-0.25, -0.2) is 0 Å². The predicted molar refractivity (Wildman–Crippen MR) is 71.8 cm³/mol. The lowest BCUT2D eigenvalue weighted by atomic mass is 9.78. The van der Waals surface area contributed by atoms with Gasteiger partial charge in [0.15, 0.2) is 0 Å². The van der Waals surface area contributed by atoms with Crippen LogP contribution in [0.2, 0.25) is 0 Å². The molecule has 1 aliphatic carbocycles. The summed E-state index contributed by atoms with van der Waals surface area (Å²) in [5.41, 5.74) is 0.679. The van der Waals surface area contributed by atoms with E-state index in [9.17, 15) is 4.79 Å². The average Bonchev–Trinajstić information content (AvgIpc) is 2.49. The summed E-state index contributed by atoms with van der Waals surface area (Å²) in [4.78, 5) is 14.8. The highest BCUT2D eigenvalue weighted by Crippen LogP contribution is 2.35. The van der Waals surface area contributed by atoms with E-state index in [4.69, 9.17) is 0 Å². The molecule has 0 atom stereocenters. The number of nitrogens with zero attached hydrogens (tertiary/aromatic N) is 3. The molecule has 5 nitrogen and oxygen atoms in total. The minimum Gasteiger partial charge on any atom is -0.330 e. The van der Waals surface area contributed by atoms with E-state index in [0.717, 1.165) is 32.5 Å².